The molecule has 0 amide bonds. The van der Waals surface area contributed by atoms with Gasteiger partial charge in [-0.1, -0.05) is 129 Å². The second-order valence-corrected chi connectivity index (χ2v) is 13.5. The number of hydrogen-bond donors (Lipinski definition) is 0. The van der Waals surface area contributed by atoms with E-state index in [1.807, 2.05) is 0 Å². The number of pyridine rings is 1. The van der Waals surface area contributed by atoms with Crippen LogP contribution in [0.1, 0.15) is 36.1 Å². The van der Waals surface area contributed by atoms with Crippen molar-refractivity contribution < 1.29 is 0 Å². The molecule has 2 nitrogen and oxygen atoms in total. The largest absolute Gasteiger partial charge is 0.293 e. The molecule has 0 N–H and O–H groups in total. The molecule has 8 aromatic rings. The van der Waals surface area contributed by atoms with E-state index in [1.54, 1.807) is 0 Å². The van der Waals surface area contributed by atoms with Gasteiger partial charge in [-0.15, -0.1) is 0 Å². The number of rotatable bonds is 3. The van der Waals surface area contributed by atoms with Crippen LogP contribution in [-0.2, 0) is 11.8 Å². The highest BCUT2D eigenvalue weighted by Crippen LogP contribution is 2.54. The monoisotopic (exact) mass is 600 g/mol. The maximum Gasteiger partial charge on any atom is 0.138 e. The molecule has 2 heteroatoms. The average Bonchev–Trinajstić information content (AvgIpc) is 3.58. The van der Waals surface area contributed by atoms with Crippen LogP contribution >= 0.6 is 0 Å². The van der Waals surface area contributed by atoms with E-state index in [0.29, 0.717) is 0 Å². The van der Waals surface area contributed by atoms with Crippen molar-refractivity contribution in [1.82, 2.24) is 9.55 Å². The van der Waals surface area contributed by atoms with Crippen molar-refractivity contribution in [3.8, 4) is 39.3 Å². The van der Waals surface area contributed by atoms with Crippen LogP contribution in [0, 0.1) is 0 Å². The molecule has 0 atom stereocenters. The average molecular weight is 601 g/mol. The Bertz CT molecular complexity index is 2540. The fourth-order valence-corrected chi connectivity index (χ4v) is 8.50. The lowest BCUT2D eigenvalue weighted by molar-refractivity contribution is 0.666. The summed E-state index contributed by atoms with van der Waals surface area (Å²) < 4.78 is 2.42. The summed E-state index contributed by atoms with van der Waals surface area (Å²) in [6.07, 6.45) is 5.65. The van der Waals surface area contributed by atoms with Crippen LogP contribution in [0.15, 0.2) is 140 Å². The first-order valence-corrected chi connectivity index (χ1v) is 16.5. The Hall–Kier alpha value is -5.73. The summed E-state index contributed by atoms with van der Waals surface area (Å²) >= 11 is 0. The summed E-state index contributed by atoms with van der Waals surface area (Å²) in [6, 6.07) is 48.5. The van der Waals surface area contributed by atoms with Crippen molar-refractivity contribution >= 4 is 38.7 Å². The number of nitrogens with zero attached hydrogens (tertiary/aromatic N) is 2. The summed E-state index contributed by atoms with van der Waals surface area (Å²) in [4.78, 5) is 5.41. The van der Waals surface area contributed by atoms with Crippen molar-refractivity contribution in [2.45, 2.75) is 25.7 Å². The Morgan fingerprint density at radius 3 is 2.17 bits per heavy atom. The second-order valence-electron chi connectivity index (χ2n) is 13.5. The Balaban J connectivity index is 1.35. The minimum Gasteiger partial charge on any atom is -0.293 e. The summed E-state index contributed by atoms with van der Waals surface area (Å²) in [5.74, 6) is 0.932. The number of allylic oxidation sites excluding steroid dienone is 1. The molecular weight excluding hydrogens is 569 g/mol. The minimum absolute atomic E-state index is 0.0922. The zero-order valence-corrected chi connectivity index (χ0v) is 26.5. The fourth-order valence-electron chi connectivity index (χ4n) is 8.50. The molecule has 6 aromatic carbocycles. The van der Waals surface area contributed by atoms with Gasteiger partial charge in [-0.05, 0) is 86.5 Å². The molecular formula is C45H32N2. The third-order valence-electron chi connectivity index (χ3n) is 10.5. The Morgan fingerprint density at radius 2 is 1.34 bits per heavy atom. The van der Waals surface area contributed by atoms with Gasteiger partial charge in [-0.25, -0.2) is 4.98 Å². The predicted molar refractivity (Wildman–Crippen MR) is 197 cm³/mol. The van der Waals surface area contributed by atoms with Crippen LogP contribution < -0.4 is 0 Å². The van der Waals surface area contributed by atoms with Crippen LogP contribution in [0.2, 0.25) is 0 Å². The topological polar surface area (TPSA) is 17.8 Å². The van der Waals surface area contributed by atoms with E-state index in [1.165, 1.54) is 71.5 Å². The van der Waals surface area contributed by atoms with Gasteiger partial charge in [0.1, 0.15) is 5.82 Å². The van der Waals surface area contributed by atoms with E-state index in [-0.39, 0.29) is 5.41 Å². The SMILES string of the molecule is CC1(C)c2ccccc2-c2cc3c4c(c5c(cc4c21)c1ccccc1n5-c1cc(-c2ccccc2)cc(-c2ccccc2)n1)C=CC3. The highest BCUT2D eigenvalue weighted by Gasteiger charge is 2.38. The number of para-hydroxylation sites is 1. The standard InChI is InChI=1S/C45H32N2/c1-45(2)38-22-11-9-19-32(38)35-24-30-18-13-21-34-42(30)37(43(35)45)27-36-33-20-10-12-23-40(33)47(44(34)36)41-26-31(28-14-5-3-6-15-28)25-39(46-41)29-16-7-4-8-17-29/h3-17,19-27H,18H2,1-2H3. The molecule has 10 rings (SSSR count). The van der Waals surface area contributed by atoms with Gasteiger partial charge >= 0.3 is 0 Å². The first kappa shape index (κ1) is 26.5. The summed E-state index contributed by atoms with van der Waals surface area (Å²) in [5.41, 5.74) is 15.0. The minimum atomic E-state index is -0.0922. The van der Waals surface area contributed by atoms with Gasteiger partial charge in [0, 0.05) is 27.3 Å². The van der Waals surface area contributed by atoms with Crippen LogP contribution in [0.5, 0.6) is 0 Å². The van der Waals surface area contributed by atoms with Gasteiger partial charge in [-0.3, -0.25) is 4.57 Å². The molecule has 0 fully saturated rings. The number of fused-ring (bicyclic) bond motifs is 8. The van der Waals surface area contributed by atoms with Crippen LogP contribution in [0.4, 0.5) is 0 Å². The molecule has 0 unspecified atom stereocenters. The van der Waals surface area contributed by atoms with Gasteiger partial charge in [-0.2, -0.15) is 0 Å². The van der Waals surface area contributed by atoms with Crippen LogP contribution in [-0.4, -0.2) is 9.55 Å². The van der Waals surface area contributed by atoms with Gasteiger partial charge in [0.05, 0.1) is 16.7 Å². The lowest BCUT2D eigenvalue weighted by Gasteiger charge is -2.26. The maximum atomic E-state index is 5.41. The molecule has 2 heterocycles. The molecule has 0 radical (unpaired) electrons. The Morgan fingerprint density at radius 1 is 0.617 bits per heavy atom. The molecule has 2 aliphatic carbocycles. The van der Waals surface area contributed by atoms with Gasteiger partial charge in [0.25, 0.3) is 0 Å². The zero-order chi connectivity index (χ0) is 31.3. The molecule has 2 aliphatic rings. The first-order valence-electron chi connectivity index (χ1n) is 16.5. The van der Waals surface area contributed by atoms with Crippen LogP contribution in [0.25, 0.3) is 78.0 Å². The van der Waals surface area contributed by atoms with Gasteiger partial charge < -0.3 is 0 Å². The molecule has 47 heavy (non-hydrogen) atoms. The third-order valence-corrected chi connectivity index (χ3v) is 10.5. The summed E-state index contributed by atoms with van der Waals surface area (Å²) in [5, 5.41) is 5.28. The van der Waals surface area contributed by atoms with E-state index >= 15 is 0 Å². The Labute approximate surface area is 274 Å². The molecule has 0 spiro atoms. The molecule has 0 aliphatic heterocycles. The van der Waals surface area contributed by atoms with E-state index in [9.17, 15) is 0 Å². The normalized spacial score (nSPS) is 14.2. The number of benzene rings is 6. The quantitative estimate of drug-likeness (QED) is 0.197. The molecule has 0 bridgehead atoms. The smallest absolute Gasteiger partial charge is 0.138 e. The van der Waals surface area contributed by atoms with Crippen molar-refractivity contribution in [1.29, 1.82) is 0 Å². The molecule has 2 aromatic heterocycles. The molecule has 222 valence electrons. The summed E-state index contributed by atoms with van der Waals surface area (Å²) in [6.45, 7) is 4.80. The van der Waals surface area contributed by atoms with Crippen LogP contribution in [0.3, 0.4) is 0 Å². The van der Waals surface area contributed by atoms with E-state index in [0.717, 1.165) is 29.1 Å². The number of hydrogen-bond acceptors (Lipinski definition) is 1. The van der Waals surface area contributed by atoms with E-state index in [4.69, 9.17) is 4.98 Å². The highest BCUT2D eigenvalue weighted by atomic mass is 15.1. The fraction of sp³-hybridized carbons (Fsp3) is 0.0889. The van der Waals surface area contributed by atoms with Crippen molar-refractivity contribution in [2.24, 2.45) is 0 Å². The van der Waals surface area contributed by atoms with E-state index in [2.05, 4.69) is 164 Å². The number of aromatic nitrogens is 2. The van der Waals surface area contributed by atoms with Crippen molar-refractivity contribution in [3.63, 3.8) is 0 Å². The lowest BCUT2D eigenvalue weighted by atomic mass is 9.78. The van der Waals surface area contributed by atoms with Gasteiger partial charge in [0.2, 0.25) is 0 Å². The van der Waals surface area contributed by atoms with Gasteiger partial charge in [0.15, 0.2) is 0 Å². The maximum absolute atomic E-state index is 5.41. The van der Waals surface area contributed by atoms with E-state index < -0.39 is 0 Å². The van der Waals surface area contributed by atoms with Crippen molar-refractivity contribution in [3.05, 3.63) is 162 Å². The first-order chi connectivity index (χ1) is 23.1. The summed E-state index contributed by atoms with van der Waals surface area (Å²) in [7, 11) is 0. The third kappa shape index (κ3) is 3.70. The zero-order valence-electron chi connectivity index (χ0n) is 26.5. The Kier molecular flexibility index (Phi) is 5.43. The molecule has 0 saturated heterocycles. The predicted octanol–water partition coefficient (Wildman–Crippen LogP) is 11.5. The highest BCUT2D eigenvalue weighted by molar-refractivity contribution is 6.20. The molecule has 0 saturated carbocycles. The second kappa shape index (κ2) is 9.64. The van der Waals surface area contributed by atoms with Crippen molar-refractivity contribution in [2.75, 3.05) is 0 Å². The lowest BCUT2D eigenvalue weighted by Crippen LogP contribution is -2.16.